The molecule has 0 radical (unpaired) electrons. The summed E-state index contributed by atoms with van der Waals surface area (Å²) in [4.78, 5) is 24.2. The van der Waals surface area contributed by atoms with Crippen molar-refractivity contribution < 1.29 is 18.4 Å². The minimum absolute atomic E-state index is 0.218. The van der Waals surface area contributed by atoms with Crippen LogP contribution in [-0.2, 0) is 4.79 Å². The first-order valence-electron chi connectivity index (χ1n) is 9.12. The smallest absolute Gasteiger partial charge is 0.291 e. The van der Waals surface area contributed by atoms with Gasteiger partial charge in [-0.1, -0.05) is 13.0 Å². The van der Waals surface area contributed by atoms with Crippen molar-refractivity contribution in [2.75, 3.05) is 10.6 Å². The maximum absolute atomic E-state index is 12.2. The molecule has 142 valence electrons. The van der Waals surface area contributed by atoms with Gasteiger partial charge in [-0.15, -0.1) is 0 Å². The van der Waals surface area contributed by atoms with E-state index in [1.54, 1.807) is 42.5 Å². The fourth-order valence-electron chi connectivity index (χ4n) is 2.99. The third-order valence-corrected chi connectivity index (χ3v) is 4.65. The largest absolute Gasteiger partial charge is 0.461 e. The molecule has 0 saturated heterocycles. The standard InChI is InChI=1S/C22H20N2O4/c1-14-12-18(14)19-9-7-17(28-19)8-10-21(25)23-15-4-2-5-16(13-15)24-22(26)20-6-3-11-27-20/h2-11,13-14,18H,12H2,1H3,(H,23,25)(H,24,26). The summed E-state index contributed by atoms with van der Waals surface area (Å²) in [7, 11) is 0. The number of carbonyl (C=O) groups is 2. The average Bonchev–Trinajstić information content (AvgIpc) is 3.10. The van der Waals surface area contributed by atoms with Gasteiger partial charge in [0.05, 0.1) is 6.26 Å². The van der Waals surface area contributed by atoms with Crippen LogP contribution < -0.4 is 10.6 Å². The Bertz CT molecular complexity index is 1020. The van der Waals surface area contributed by atoms with Crippen LogP contribution in [0.1, 0.15) is 41.3 Å². The Hall–Kier alpha value is -3.54. The second-order valence-corrected chi connectivity index (χ2v) is 6.89. The van der Waals surface area contributed by atoms with Crippen LogP contribution in [0.25, 0.3) is 6.08 Å². The molecule has 2 aromatic heterocycles. The lowest BCUT2D eigenvalue weighted by molar-refractivity contribution is -0.111. The molecular weight excluding hydrogens is 356 g/mol. The third-order valence-electron chi connectivity index (χ3n) is 4.65. The molecule has 0 aliphatic heterocycles. The molecule has 1 aliphatic carbocycles. The van der Waals surface area contributed by atoms with Crippen LogP contribution in [-0.4, -0.2) is 11.8 Å². The molecule has 0 bridgehead atoms. The third kappa shape index (κ3) is 4.23. The van der Waals surface area contributed by atoms with Crippen molar-refractivity contribution in [1.82, 2.24) is 0 Å². The molecule has 1 aliphatic rings. The Morgan fingerprint density at radius 3 is 2.57 bits per heavy atom. The van der Waals surface area contributed by atoms with Crippen LogP contribution in [0, 0.1) is 5.92 Å². The summed E-state index contributed by atoms with van der Waals surface area (Å²) in [6, 6.07) is 14.0. The predicted octanol–water partition coefficient (Wildman–Crippen LogP) is 4.90. The predicted molar refractivity (Wildman–Crippen MR) is 106 cm³/mol. The van der Waals surface area contributed by atoms with Crippen molar-refractivity contribution in [2.24, 2.45) is 5.92 Å². The van der Waals surface area contributed by atoms with Crippen molar-refractivity contribution in [2.45, 2.75) is 19.3 Å². The van der Waals surface area contributed by atoms with Crippen LogP contribution in [0.5, 0.6) is 0 Å². The summed E-state index contributed by atoms with van der Waals surface area (Å²) in [5.74, 6) is 2.40. The minimum atomic E-state index is -0.355. The molecule has 3 aromatic rings. The number of carbonyl (C=O) groups excluding carboxylic acids is 2. The lowest BCUT2D eigenvalue weighted by Gasteiger charge is -2.06. The van der Waals surface area contributed by atoms with Crippen LogP contribution in [0.3, 0.4) is 0 Å². The molecule has 2 N–H and O–H groups in total. The maximum Gasteiger partial charge on any atom is 0.291 e. The van der Waals surface area contributed by atoms with Gasteiger partial charge in [-0.2, -0.15) is 0 Å². The molecule has 2 atom stereocenters. The van der Waals surface area contributed by atoms with Crippen molar-refractivity contribution >= 4 is 29.3 Å². The van der Waals surface area contributed by atoms with E-state index in [2.05, 4.69) is 17.6 Å². The van der Waals surface area contributed by atoms with E-state index in [9.17, 15) is 9.59 Å². The van der Waals surface area contributed by atoms with Gasteiger partial charge in [0.15, 0.2) is 5.76 Å². The summed E-state index contributed by atoms with van der Waals surface area (Å²) >= 11 is 0. The highest BCUT2D eigenvalue weighted by Gasteiger charge is 2.36. The Labute approximate surface area is 162 Å². The molecule has 6 heteroatoms. The Balaban J connectivity index is 1.35. The molecule has 28 heavy (non-hydrogen) atoms. The van der Waals surface area contributed by atoms with E-state index in [4.69, 9.17) is 8.83 Å². The summed E-state index contributed by atoms with van der Waals surface area (Å²) in [6.07, 6.45) is 5.66. The van der Waals surface area contributed by atoms with Crippen molar-refractivity contribution in [3.8, 4) is 0 Å². The second-order valence-electron chi connectivity index (χ2n) is 6.89. The topological polar surface area (TPSA) is 84.5 Å². The maximum atomic E-state index is 12.2. The van der Waals surface area contributed by atoms with Crippen molar-refractivity contribution in [3.05, 3.63) is 78.2 Å². The highest BCUT2D eigenvalue weighted by atomic mass is 16.3. The number of amides is 2. The fourth-order valence-corrected chi connectivity index (χ4v) is 2.99. The first kappa shape index (κ1) is 17.9. The normalized spacial score (nSPS) is 18.2. The van der Waals surface area contributed by atoms with E-state index in [1.165, 1.54) is 12.3 Å². The number of benzene rings is 1. The van der Waals surface area contributed by atoms with Crippen LogP contribution in [0.2, 0.25) is 0 Å². The minimum Gasteiger partial charge on any atom is -0.461 e. The van der Waals surface area contributed by atoms with E-state index in [-0.39, 0.29) is 17.6 Å². The molecule has 6 nitrogen and oxygen atoms in total. The van der Waals surface area contributed by atoms with Crippen LogP contribution >= 0.6 is 0 Å². The van der Waals surface area contributed by atoms with Gasteiger partial charge >= 0.3 is 0 Å². The molecule has 1 saturated carbocycles. The Morgan fingerprint density at radius 2 is 1.86 bits per heavy atom. The van der Waals surface area contributed by atoms with Gasteiger partial charge in [-0.05, 0) is 60.9 Å². The van der Waals surface area contributed by atoms with Crippen LogP contribution in [0.4, 0.5) is 11.4 Å². The Morgan fingerprint density at radius 1 is 1.07 bits per heavy atom. The fraction of sp³-hybridized carbons (Fsp3) is 0.182. The van der Waals surface area contributed by atoms with Gasteiger partial charge in [-0.25, -0.2) is 0 Å². The zero-order valence-corrected chi connectivity index (χ0v) is 15.3. The molecule has 4 rings (SSSR count). The van der Waals surface area contributed by atoms with E-state index >= 15 is 0 Å². The Kier molecular flexibility index (Phi) is 4.85. The lowest BCUT2D eigenvalue weighted by atomic mass is 10.2. The molecule has 0 spiro atoms. The zero-order chi connectivity index (χ0) is 19.5. The molecule has 2 amide bonds. The molecule has 1 fully saturated rings. The van der Waals surface area contributed by atoms with E-state index in [1.807, 2.05) is 12.1 Å². The number of furan rings is 2. The number of rotatable bonds is 6. The summed E-state index contributed by atoms with van der Waals surface area (Å²) < 4.78 is 10.8. The van der Waals surface area contributed by atoms with Crippen molar-refractivity contribution in [1.29, 1.82) is 0 Å². The summed E-state index contributed by atoms with van der Waals surface area (Å²) in [5, 5.41) is 5.49. The molecule has 2 unspecified atom stereocenters. The number of nitrogens with one attached hydrogen (secondary N) is 2. The number of anilines is 2. The number of hydrogen-bond acceptors (Lipinski definition) is 4. The van der Waals surface area contributed by atoms with E-state index in [0.29, 0.717) is 29.0 Å². The highest BCUT2D eigenvalue weighted by molar-refractivity contribution is 6.04. The SMILES string of the molecule is CC1CC1c1ccc(C=CC(=O)Nc2cccc(NC(=O)c3ccco3)c2)o1. The van der Waals surface area contributed by atoms with Gasteiger partial charge in [-0.3, -0.25) is 9.59 Å². The monoisotopic (exact) mass is 376 g/mol. The molecule has 1 aromatic carbocycles. The molecule has 2 heterocycles. The highest BCUT2D eigenvalue weighted by Crippen LogP contribution is 2.47. The van der Waals surface area contributed by atoms with E-state index < -0.39 is 0 Å². The average molecular weight is 376 g/mol. The molecular formula is C22H20N2O4. The summed E-state index contributed by atoms with van der Waals surface area (Å²) in [5.41, 5.74) is 1.12. The first-order chi connectivity index (χ1) is 13.6. The van der Waals surface area contributed by atoms with E-state index in [0.717, 1.165) is 12.2 Å². The summed E-state index contributed by atoms with van der Waals surface area (Å²) in [6.45, 7) is 2.20. The second kappa shape index (κ2) is 7.60. The van der Waals surface area contributed by atoms with Crippen molar-refractivity contribution in [3.63, 3.8) is 0 Å². The van der Waals surface area contributed by atoms with Gasteiger partial charge in [0, 0.05) is 23.4 Å². The first-order valence-corrected chi connectivity index (χ1v) is 9.12. The van der Waals surface area contributed by atoms with Gasteiger partial charge in [0.1, 0.15) is 11.5 Å². The van der Waals surface area contributed by atoms with Crippen LogP contribution in [0.15, 0.2) is 69.7 Å². The lowest BCUT2D eigenvalue weighted by Crippen LogP contribution is -2.12. The quantitative estimate of drug-likeness (QED) is 0.599. The number of hydrogen-bond donors (Lipinski definition) is 2. The van der Waals surface area contributed by atoms with Gasteiger partial charge in [0.2, 0.25) is 5.91 Å². The zero-order valence-electron chi connectivity index (χ0n) is 15.3. The van der Waals surface area contributed by atoms with Gasteiger partial charge in [0.25, 0.3) is 5.91 Å². The van der Waals surface area contributed by atoms with Gasteiger partial charge < -0.3 is 19.5 Å².